The van der Waals surface area contributed by atoms with Crippen LogP contribution in [0, 0.1) is 5.92 Å². The number of benzene rings is 1. The van der Waals surface area contributed by atoms with Crippen LogP contribution >= 0.6 is 11.6 Å². The third-order valence-electron chi connectivity index (χ3n) is 3.69. The SMILES string of the molecule is O=C(CC1CCNCC1)NCC(O)c1ccccc1Cl. The van der Waals surface area contributed by atoms with Crippen molar-refractivity contribution in [3.63, 3.8) is 0 Å². The van der Waals surface area contributed by atoms with E-state index in [9.17, 15) is 9.90 Å². The molecule has 4 nitrogen and oxygen atoms in total. The summed E-state index contributed by atoms with van der Waals surface area (Å²) in [5, 5.41) is 16.6. The lowest BCUT2D eigenvalue weighted by molar-refractivity contribution is -0.122. The number of piperidine rings is 1. The molecule has 1 aliphatic heterocycles. The Morgan fingerprint density at radius 1 is 1.40 bits per heavy atom. The van der Waals surface area contributed by atoms with E-state index in [1.807, 2.05) is 12.1 Å². The third kappa shape index (κ3) is 4.47. The van der Waals surface area contributed by atoms with Crippen LogP contribution in [0.1, 0.15) is 30.9 Å². The Labute approximate surface area is 124 Å². The van der Waals surface area contributed by atoms with E-state index in [0.29, 0.717) is 22.9 Å². The monoisotopic (exact) mass is 296 g/mol. The molecule has 1 fully saturated rings. The zero-order chi connectivity index (χ0) is 14.4. The first-order chi connectivity index (χ1) is 9.66. The number of carbonyl (C=O) groups excluding carboxylic acids is 1. The van der Waals surface area contributed by atoms with Gasteiger partial charge in [-0.15, -0.1) is 0 Å². The largest absolute Gasteiger partial charge is 0.387 e. The van der Waals surface area contributed by atoms with Gasteiger partial charge in [-0.25, -0.2) is 0 Å². The lowest BCUT2D eigenvalue weighted by Crippen LogP contribution is -2.33. The van der Waals surface area contributed by atoms with Gasteiger partial charge in [-0.05, 0) is 37.9 Å². The van der Waals surface area contributed by atoms with E-state index in [1.54, 1.807) is 12.1 Å². The molecule has 3 N–H and O–H groups in total. The molecule has 1 saturated heterocycles. The number of nitrogens with one attached hydrogen (secondary N) is 2. The number of rotatable bonds is 5. The van der Waals surface area contributed by atoms with Crippen molar-refractivity contribution < 1.29 is 9.90 Å². The van der Waals surface area contributed by atoms with Crippen molar-refractivity contribution in [2.75, 3.05) is 19.6 Å². The smallest absolute Gasteiger partial charge is 0.220 e. The first-order valence-corrected chi connectivity index (χ1v) is 7.44. The van der Waals surface area contributed by atoms with Crippen LogP contribution in [0.3, 0.4) is 0 Å². The van der Waals surface area contributed by atoms with Crippen LogP contribution in [0.4, 0.5) is 0 Å². The molecule has 0 aliphatic carbocycles. The quantitative estimate of drug-likeness (QED) is 0.777. The van der Waals surface area contributed by atoms with Crippen molar-refractivity contribution in [1.29, 1.82) is 0 Å². The number of carbonyl (C=O) groups is 1. The summed E-state index contributed by atoms with van der Waals surface area (Å²) in [6.07, 6.45) is 1.86. The number of hydrogen-bond donors (Lipinski definition) is 3. The molecule has 1 heterocycles. The summed E-state index contributed by atoms with van der Waals surface area (Å²) >= 11 is 6.01. The third-order valence-corrected chi connectivity index (χ3v) is 4.03. The van der Waals surface area contributed by atoms with Gasteiger partial charge in [-0.2, -0.15) is 0 Å². The van der Waals surface area contributed by atoms with Gasteiger partial charge in [0.1, 0.15) is 0 Å². The molecular formula is C15H21ClN2O2. The van der Waals surface area contributed by atoms with Gasteiger partial charge >= 0.3 is 0 Å². The summed E-state index contributed by atoms with van der Waals surface area (Å²) in [4.78, 5) is 11.9. The number of aliphatic hydroxyl groups excluding tert-OH is 1. The van der Waals surface area contributed by atoms with E-state index in [2.05, 4.69) is 10.6 Å². The summed E-state index contributed by atoms with van der Waals surface area (Å²) in [6, 6.07) is 7.14. The second kappa shape index (κ2) is 7.62. The minimum atomic E-state index is -0.763. The van der Waals surface area contributed by atoms with E-state index >= 15 is 0 Å². The predicted molar refractivity (Wildman–Crippen MR) is 79.6 cm³/mol. The van der Waals surface area contributed by atoms with Gasteiger partial charge in [-0.3, -0.25) is 4.79 Å². The minimum Gasteiger partial charge on any atom is -0.387 e. The molecule has 1 aromatic carbocycles. The summed E-state index contributed by atoms with van der Waals surface area (Å²) in [5.74, 6) is 0.455. The highest BCUT2D eigenvalue weighted by Crippen LogP contribution is 2.22. The van der Waals surface area contributed by atoms with Crippen LogP contribution < -0.4 is 10.6 Å². The highest BCUT2D eigenvalue weighted by molar-refractivity contribution is 6.31. The van der Waals surface area contributed by atoms with Crippen molar-refractivity contribution in [2.45, 2.75) is 25.4 Å². The molecule has 1 aromatic rings. The molecule has 1 aliphatic rings. The molecule has 5 heteroatoms. The van der Waals surface area contributed by atoms with E-state index < -0.39 is 6.10 Å². The first kappa shape index (κ1) is 15.3. The van der Waals surface area contributed by atoms with E-state index in [4.69, 9.17) is 11.6 Å². The topological polar surface area (TPSA) is 61.4 Å². The Kier molecular flexibility index (Phi) is 5.83. The number of hydrogen-bond acceptors (Lipinski definition) is 3. The molecule has 0 bridgehead atoms. The maximum absolute atomic E-state index is 11.9. The Morgan fingerprint density at radius 3 is 2.80 bits per heavy atom. The fraction of sp³-hybridized carbons (Fsp3) is 0.533. The molecule has 1 atom stereocenters. The fourth-order valence-electron chi connectivity index (χ4n) is 2.49. The lowest BCUT2D eigenvalue weighted by atomic mass is 9.94. The molecule has 0 radical (unpaired) electrons. The van der Waals surface area contributed by atoms with Crippen LogP contribution in [0.5, 0.6) is 0 Å². The van der Waals surface area contributed by atoms with Gasteiger partial charge in [0.2, 0.25) is 5.91 Å². The Bertz CT molecular complexity index is 447. The molecule has 1 amide bonds. The lowest BCUT2D eigenvalue weighted by Gasteiger charge is -2.22. The predicted octanol–water partition coefficient (Wildman–Crippen LogP) is 1.88. The van der Waals surface area contributed by atoms with Crippen LogP contribution in [0.2, 0.25) is 5.02 Å². The normalized spacial score (nSPS) is 17.7. The second-order valence-electron chi connectivity index (χ2n) is 5.24. The van der Waals surface area contributed by atoms with E-state index in [0.717, 1.165) is 25.9 Å². The highest BCUT2D eigenvalue weighted by Gasteiger charge is 2.18. The fourth-order valence-corrected chi connectivity index (χ4v) is 2.75. The van der Waals surface area contributed by atoms with Crippen LogP contribution in [-0.4, -0.2) is 30.6 Å². The molecule has 0 saturated carbocycles. The number of halogens is 1. The molecule has 110 valence electrons. The van der Waals surface area contributed by atoms with Crippen molar-refractivity contribution in [3.8, 4) is 0 Å². The zero-order valence-corrected chi connectivity index (χ0v) is 12.2. The molecular weight excluding hydrogens is 276 g/mol. The molecule has 1 unspecified atom stereocenters. The van der Waals surface area contributed by atoms with Crippen LogP contribution in [-0.2, 0) is 4.79 Å². The molecule has 0 aromatic heterocycles. The van der Waals surface area contributed by atoms with E-state index in [-0.39, 0.29) is 12.5 Å². The van der Waals surface area contributed by atoms with Crippen molar-refractivity contribution >= 4 is 17.5 Å². The summed E-state index contributed by atoms with van der Waals surface area (Å²) in [5.41, 5.74) is 0.649. The first-order valence-electron chi connectivity index (χ1n) is 7.06. The van der Waals surface area contributed by atoms with Crippen LogP contribution in [0.25, 0.3) is 0 Å². The summed E-state index contributed by atoms with van der Waals surface area (Å²) in [7, 11) is 0. The van der Waals surface area contributed by atoms with E-state index in [1.165, 1.54) is 0 Å². The standard InChI is InChI=1S/C15H21ClN2O2/c16-13-4-2-1-3-12(13)14(19)10-18-15(20)9-11-5-7-17-8-6-11/h1-4,11,14,17,19H,5-10H2,(H,18,20). The highest BCUT2D eigenvalue weighted by atomic mass is 35.5. The van der Waals surface area contributed by atoms with Crippen molar-refractivity contribution in [3.05, 3.63) is 34.9 Å². The number of amides is 1. The summed E-state index contributed by atoms with van der Waals surface area (Å²) < 4.78 is 0. The zero-order valence-electron chi connectivity index (χ0n) is 11.4. The van der Waals surface area contributed by atoms with Gasteiger partial charge in [-0.1, -0.05) is 29.8 Å². The molecule has 0 spiro atoms. The summed E-state index contributed by atoms with van der Waals surface area (Å²) in [6.45, 7) is 2.17. The maximum Gasteiger partial charge on any atom is 0.220 e. The Morgan fingerprint density at radius 2 is 2.10 bits per heavy atom. The average molecular weight is 297 g/mol. The second-order valence-corrected chi connectivity index (χ2v) is 5.65. The average Bonchev–Trinajstić information content (AvgIpc) is 2.46. The van der Waals surface area contributed by atoms with Crippen LogP contribution in [0.15, 0.2) is 24.3 Å². The maximum atomic E-state index is 11.9. The number of aliphatic hydroxyl groups is 1. The van der Waals surface area contributed by atoms with Gasteiger partial charge in [0.15, 0.2) is 0 Å². The molecule has 2 rings (SSSR count). The van der Waals surface area contributed by atoms with Gasteiger partial charge in [0.25, 0.3) is 0 Å². The Balaban J connectivity index is 1.76. The van der Waals surface area contributed by atoms with Gasteiger partial charge in [0, 0.05) is 23.6 Å². The van der Waals surface area contributed by atoms with Gasteiger partial charge < -0.3 is 15.7 Å². The Hall–Kier alpha value is -1.10. The molecule has 20 heavy (non-hydrogen) atoms. The van der Waals surface area contributed by atoms with Crippen molar-refractivity contribution in [1.82, 2.24) is 10.6 Å². The minimum absolute atomic E-state index is 0.00278. The van der Waals surface area contributed by atoms with Gasteiger partial charge in [0.05, 0.1) is 6.10 Å². The van der Waals surface area contributed by atoms with Crippen molar-refractivity contribution in [2.24, 2.45) is 5.92 Å².